The molecule has 3 nitrogen and oxygen atoms in total. The van der Waals surface area contributed by atoms with Crippen LogP contribution in [-0.4, -0.2) is 17.1 Å². The van der Waals surface area contributed by atoms with Gasteiger partial charge in [-0.25, -0.2) is 9.97 Å². The summed E-state index contributed by atoms with van der Waals surface area (Å²) in [6.45, 7) is 0. The van der Waals surface area contributed by atoms with Crippen LogP contribution in [0.15, 0.2) is 30.3 Å². The number of ether oxygens (including phenoxy) is 1. The summed E-state index contributed by atoms with van der Waals surface area (Å²) < 4.78 is 6.19. The number of fused-ring (bicyclic) bond motifs is 1. The van der Waals surface area contributed by atoms with E-state index in [4.69, 9.17) is 27.9 Å². The second-order valence-electron chi connectivity index (χ2n) is 3.81. The Bertz CT molecular complexity index is 757. The molecular formula is C13H8Cl2N2OS. The van der Waals surface area contributed by atoms with Gasteiger partial charge in [0.25, 0.3) is 0 Å². The minimum absolute atomic E-state index is 0.155. The first-order valence-electron chi connectivity index (χ1n) is 5.45. The number of thiophene rings is 1. The zero-order chi connectivity index (χ0) is 13.4. The summed E-state index contributed by atoms with van der Waals surface area (Å²) in [6, 6.07) is 9.74. The lowest BCUT2D eigenvalue weighted by Crippen LogP contribution is -1.84. The molecule has 0 saturated carbocycles. The van der Waals surface area contributed by atoms with Crippen molar-refractivity contribution in [1.82, 2.24) is 9.97 Å². The summed E-state index contributed by atoms with van der Waals surface area (Å²) in [7, 11) is 1.65. The van der Waals surface area contributed by atoms with E-state index in [-0.39, 0.29) is 5.28 Å². The zero-order valence-corrected chi connectivity index (χ0v) is 12.2. The molecule has 0 radical (unpaired) electrons. The molecule has 0 aliphatic heterocycles. The molecule has 2 aromatic heterocycles. The number of nitrogens with zero attached hydrogens (tertiary/aromatic N) is 2. The molecule has 0 spiro atoms. The van der Waals surface area contributed by atoms with Crippen molar-refractivity contribution >= 4 is 44.8 Å². The van der Waals surface area contributed by atoms with E-state index in [2.05, 4.69) is 9.97 Å². The molecule has 0 atom stereocenters. The molecule has 6 heteroatoms. The SMILES string of the molecule is COc1ccccc1-c1cc2nc(Cl)nc(Cl)c2s1. The minimum atomic E-state index is 0.155. The fraction of sp³-hybridized carbons (Fsp3) is 0.0769. The van der Waals surface area contributed by atoms with Crippen LogP contribution in [0.1, 0.15) is 0 Å². The van der Waals surface area contributed by atoms with Crippen LogP contribution >= 0.6 is 34.5 Å². The second kappa shape index (κ2) is 4.96. The molecule has 0 fully saturated rings. The Morgan fingerprint density at radius 3 is 2.74 bits per heavy atom. The van der Waals surface area contributed by atoms with Crippen LogP contribution in [0.25, 0.3) is 20.7 Å². The molecule has 0 aliphatic rings. The molecule has 2 heterocycles. The van der Waals surface area contributed by atoms with Gasteiger partial charge in [0.15, 0.2) is 5.15 Å². The first kappa shape index (κ1) is 12.7. The van der Waals surface area contributed by atoms with Gasteiger partial charge in [0.05, 0.1) is 17.3 Å². The highest BCUT2D eigenvalue weighted by atomic mass is 35.5. The third-order valence-corrected chi connectivity index (χ3v) is 4.39. The van der Waals surface area contributed by atoms with Crippen LogP contribution in [0, 0.1) is 0 Å². The number of methoxy groups -OCH3 is 1. The number of aromatic nitrogens is 2. The highest BCUT2D eigenvalue weighted by Crippen LogP contribution is 2.39. The average Bonchev–Trinajstić information content (AvgIpc) is 2.82. The Morgan fingerprint density at radius 2 is 1.95 bits per heavy atom. The molecule has 3 rings (SSSR count). The van der Waals surface area contributed by atoms with E-state index in [9.17, 15) is 0 Å². The van der Waals surface area contributed by atoms with Gasteiger partial charge in [-0.2, -0.15) is 0 Å². The van der Waals surface area contributed by atoms with Gasteiger partial charge in [-0.1, -0.05) is 23.7 Å². The van der Waals surface area contributed by atoms with Crippen LogP contribution < -0.4 is 4.74 Å². The van der Waals surface area contributed by atoms with E-state index < -0.39 is 0 Å². The maximum atomic E-state index is 6.08. The fourth-order valence-electron chi connectivity index (χ4n) is 1.85. The van der Waals surface area contributed by atoms with E-state index >= 15 is 0 Å². The molecule has 96 valence electrons. The van der Waals surface area contributed by atoms with Crippen LogP contribution in [0.2, 0.25) is 10.4 Å². The molecule has 0 amide bonds. The van der Waals surface area contributed by atoms with Crippen molar-refractivity contribution in [3.8, 4) is 16.2 Å². The molecule has 3 aromatic rings. The molecule has 0 N–H and O–H groups in total. The standard InChI is InChI=1S/C13H8Cl2N2OS/c1-18-9-5-3-2-4-7(9)10-6-8-11(19-10)12(14)17-13(15)16-8/h2-6H,1H3. The van der Waals surface area contributed by atoms with E-state index in [0.29, 0.717) is 5.15 Å². The molecule has 0 aliphatic carbocycles. The lowest BCUT2D eigenvalue weighted by Gasteiger charge is -2.04. The van der Waals surface area contributed by atoms with Gasteiger partial charge in [0.2, 0.25) is 5.28 Å². The average molecular weight is 311 g/mol. The van der Waals surface area contributed by atoms with Crippen molar-refractivity contribution in [3.63, 3.8) is 0 Å². The van der Waals surface area contributed by atoms with Crippen LogP contribution in [0.4, 0.5) is 0 Å². The van der Waals surface area contributed by atoms with E-state index in [0.717, 1.165) is 26.4 Å². The topological polar surface area (TPSA) is 35.0 Å². The summed E-state index contributed by atoms with van der Waals surface area (Å²) in [4.78, 5) is 9.15. The van der Waals surface area contributed by atoms with Gasteiger partial charge in [-0.05, 0) is 29.8 Å². The van der Waals surface area contributed by atoms with Crippen LogP contribution in [0.5, 0.6) is 5.75 Å². The lowest BCUT2D eigenvalue weighted by atomic mass is 10.1. The number of rotatable bonds is 2. The third-order valence-electron chi connectivity index (χ3n) is 2.68. The Morgan fingerprint density at radius 1 is 1.16 bits per heavy atom. The Hall–Kier alpha value is -1.36. The van der Waals surface area contributed by atoms with Gasteiger partial charge in [-0.3, -0.25) is 0 Å². The van der Waals surface area contributed by atoms with E-state index in [1.165, 1.54) is 11.3 Å². The number of hydrogen-bond acceptors (Lipinski definition) is 4. The summed E-state index contributed by atoms with van der Waals surface area (Å²) >= 11 is 13.4. The van der Waals surface area contributed by atoms with E-state index in [1.54, 1.807) is 7.11 Å². The molecule has 0 saturated heterocycles. The second-order valence-corrected chi connectivity index (χ2v) is 5.56. The largest absolute Gasteiger partial charge is 0.496 e. The minimum Gasteiger partial charge on any atom is -0.496 e. The lowest BCUT2D eigenvalue weighted by molar-refractivity contribution is 0.416. The van der Waals surface area contributed by atoms with Crippen molar-refractivity contribution < 1.29 is 4.74 Å². The van der Waals surface area contributed by atoms with Gasteiger partial charge in [0.1, 0.15) is 5.75 Å². The first-order valence-corrected chi connectivity index (χ1v) is 7.02. The van der Waals surface area contributed by atoms with Crippen LogP contribution in [0.3, 0.4) is 0 Å². The highest BCUT2D eigenvalue weighted by Gasteiger charge is 2.13. The smallest absolute Gasteiger partial charge is 0.224 e. The molecule has 0 unspecified atom stereocenters. The summed E-state index contributed by atoms with van der Waals surface area (Å²) in [5.74, 6) is 0.809. The summed E-state index contributed by atoms with van der Waals surface area (Å²) in [5, 5.41) is 0.531. The van der Waals surface area contributed by atoms with Crippen LogP contribution in [-0.2, 0) is 0 Å². The quantitative estimate of drug-likeness (QED) is 0.509. The predicted octanol–water partition coefficient (Wildman–Crippen LogP) is 4.67. The molecule has 0 bridgehead atoms. The van der Waals surface area contributed by atoms with Crippen molar-refractivity contribution in [3.05, 3.63) is 40.8 Å². The van der Waals surface area contributed by atoms with Gasteiger partial charge < -0.3 is 4.74 Å². The van der Waals surface area contributed by atoms with Crippen molar-refractivity contribution in [2.75, 3.05) is 7.11 Å². The van der Waals surface area contributed by atoms with Gasteiger partial charge in [0, 0.05) is 10.4 Å². The number of benzene rings is 1. The fourth-order valence-corrected chi connectivity index (χ4v) is 3.37. The third kappa shape index (κ3) is 2.27. The summed E-state index contributed by atoms with van der Waals surface area (Å²) in [6.07, 6.45) is 0. The van der Waals surface area contributed by atoms with Crippen molar-refractivity contribution in [1.29, 1.82) is 0 Å². The Labute approximate surface area is 123 Å². The Balaban J connectivity index is 2.23. The first-order chi connectivity index (χ1) is 9.19. The normalized spacial score (nSPS) is 10.9. The molecule has 19 heavy (non-hydrogen) atoms. The van der Waals surface area contributed by atoms with Gasteiger partial charge in [-0.15, -0.1) is 11.3 Å². The summed E-state index contributed by atoms with van der Waals surface area (Å²) in [5.41, 5.74) is 1.75. The maximum absolute atomic E-state index is 6.08. The zero-order valence-electron chi connectivity index (χ0n) is 9.85. The maximum Gasteiger partial charge on any atom is 0.224 e. The number of halogens is 2. The van der Waals surface area contributed by atoms with Gasteiger partial charge >= 0.3 is 0 Å². The molecular weight excluding hydrogens is 303 g/mol. The number of para-hydroxylation sites is 1. The number of hydrogen-bond donors (Lipinski definition) is 0. The monoisotopic (exact) mass is 310 g/mol. The molecule has 1 aromatic carbocycles. The van der Waals surface area contributed by atoms with E-state index in [1.807, 2.05) is 30.3 Å². The Kier molecular flexibility index (Phi) is 3.31. The highest BCUT2D eigenvalue weighted by molar-refractivity contribution is 7.22. The van der Waals surface area contributed by atoms with Crippen molar-refractivity contribution in [2.45, 2.75) is 0 Å². The van der Waals surface area contributed by atoms with Crippen molar-refractivity contribution in [2.24, 2.45) is 0 Å². The predicted molar refractivity (Wildman–Crippen MR) is 79.4 cm³/mol.